The van der Waals surface area contributed by atoms with Crippen molar-refractivity contribution in [1.29, 1.82) is 0 Å². The first-order valence-corrected chi connectivity index (χ1v) is 7.54. The first-order valence-electron chi connectivity index (χ1n) is 7.54. The molecule has 0 aliphatic rings. The first kappa shape index (κ1) is 16.7. The summed E-state index contributed by atoms with van der Waals surface area (Å²) in [5, 5.41) is 2.90. The molecule has 23 heavy (non-hydrogen) atoms. The average Bonchev–Trinajstić information content (AvgIpc) is 2.54. The molecule has 0 saturated heterocycles. The van der Waals surface area contributed by atoms with Gasteiger partial charge in [-0.3, -0.25) is 9.59 Å². The van der Waals surface area contributed by atoms with Crippen LogP contribution in [0.5, 0.6) is 0 Å². The van der Waals surface area contributed by atoms with Crippen molar-refractivity contribution >= 4 is 11.8 Å². The third-order valence-corrected chi connectivity index (χ3v) is 3.83. The molecule has 0 atom stereocenters. The number of carbonyl (C=O) groups excluding carboxylic acids is 2. The predicted molar refractivity (Wildman–Crippen MR) is 91.5 cm³/mol. The van der Waals surface area contributed by atoms with E-state index in [0.29, 0.717) is 17.7 Å². The van der Waals surface area contributed by atoms with E-state index in [0.717, 1.165) is 11.1 Å². The normalized spacial score (nSPS) is 10.3. The Hall–Kier alpha value is -2.62. The molecular formula is C19H22N2O2. The maximum Gasteiger partial charge on any atom is 0.253 e. The van der Waals surface area contributed by atoms with Gasteiger partial charge in [-0.25, -0.2) is 0 Å². The summed E-state index contributed by atoms with van der Waals surface area (Å²) in [6, 6.07) is 12.9. The van der Waals surface area contributed by atoms with Crippen LogP contribution in [0.3, 0.4) is 0 Å². The van der Waals surface area contributed by atoms with Crippen LogP contribution in [0.2, 0.25) is 0 Å². The van der Waals surface area contributed by atoms with Gasteiger partial charge in [0.15, 0.2) is 0 Å². The van der Waals surface area contributed by atoms with Crippen molar-refractivity contribution in [3.63, 3.8) is 0 Å². The molecule has 120 valence electrons. The lowest BCUT2D eigenvalue weighted by Crippen LogP contribution is -2.23. The second-order valence-electron chi connectivity index (χ2n) is 5.88. The molecule has 0 aromatic heterocycles. The maximum absolute atomic E-state index is 12.2. The molecule has 0 saturated carbocycles. The molecule has 2 amide bonds. The summed E-state index contributed by atoms with van der Waals surface area (Å²) < 4.78 is 0. The van der Waals surface area contributed by atoms with Crippen molar-refractivity contribution in [1.82, 2.24) is 10.2 Å². The maximum atomic E-state index is 12.2. The highest BCUT2D eigenvalue weighted by Gasteiger charge is 2.09. The monoisotopic (exact) mass is 310 g/mol. The topological polar surface area (TPSA) is 49.4 Å². The summed E-state index contributed by atoms with van der Waals surface area (Å²) in [4.78, 5) is 25.5. The van der Waals surface area contributed by atoms with Crippen LogP contribution in [-0.4, -0.2) is 30.8 Å². The molecule has 1 N–H and O–H groups in total. The number of aryl methyl sites for hydroxylation is 2. The van der Waals surface area contributed by atoms with E-state index < -0.39 is 0 Å². The molecule has 0 bridgehead atoms. The molecule has 0 radical (unpaired) electrons. The molecule has 4 nitrogen and oxygen atoms in total. The smallest absolute Gasteiger partial charge is 0.253 e. The quantitative estimate of drug-likeness (QED) is 0.944. The summed E-state index contributed by atoms with van der Waals surface area (Å²) in [5.41, 5.74) is 4.52. The third-order valence-electron chi connectivity index (χ3n) is 3.83. The fraction of sp³-hybridized carbons (Fsp3) is 0.263. The molecule has 2 aromatic carbocycles. The average molecular weight is 310 g/mol. The van der Waals surface area contributed by atoms with Crippen molar-refractivity contribution in [2.24, 2.45) is 0 Å². The van der Waals surface area contributed by atoms with Crippen LogP contribution in [0, 0.1) is 13.8 Å². The number of rotatable bonds is 4. The predicted octanol–water partition coefficient (Wildman–Crippen LogP) is 2.94. The van der Waals surface area contributed by atoms with Crippen LogP contribution < -0.4 is 5.32 Å². The van der Waals surface area contributed by atoms with Crippen LogP contribution in [0.4, 0.5) is 0 Å². The molecule has 0 aliphatic carbocycles. The van der Waals surface area contributed by atoms with E-state index in [4.69, 9.17) is 0 Å². The summed E-state index contributed by atoms with van der Waals surface area (Å²) in [7, 11) is 3.44. The summed E-state index contributed by atoms with van der Waals surface area (Å²) >= 11 is 0. The second kappa shape index (κ2) is 7.09. The van der Waals surface area contributed by atoms with Gasteiger partial charge in [0.2, 0.25) is 0 Å². The zero-order valence-electron chi connectivity index (χ0n) is 14.0. The van der Waals surface area contributed by atoms with Gasteiger partial charge < -0.3 is 10.2 Å². The van der Waals surface area contributed by atoms with E-state index in [1.807, 2.05) is 44.2 Å². The summed E-state index contributed by atoms with van der Waals surface area (Å²) in [6.45, 7) is 4.45. The van der Waals surface area contributed by atoms with Gasteiger partial charge in [0.1, 0.15) is 0 Å². The number of hydrogen-bond acceptors (Lipinski definition) is 2. The van der Waals surface area contributed by atoms with E-state index in [-0.39, 0.29) is 11.8 Å². The van der Waals surface area contributed by atoms with Gasteiger partial charge in [0.05, 0.1) is 0 Å². The number of nitrogens with zero attached hydrogens (tertiary/aromatic N) is 1. The lowest BCUT2D eigenvalue weighted by Gasteiger charge is -2.11. The number of nitrogens with one attached hydrogen (secondary N) is 1. The zero-order valence-corrected chi connectivity index (χ0v) is 14.0. The molecule has 4 heteroatoms. The van der Waals surface area contributed by atoms with Crippen LogP contribution >= 0.6 is 0 Å². The van der Waals surface area contributed by atoms with Gasteiger partial charge in [0.25, 0.3) is 11.8 Å². The molecule has 2 rings (SSSR count). The third kappa shape index (κ3) is 4.19. The van der Waals surface area contributed by atoms with Crippen molar-refractivity contribution in [3.05, 3.63) is 70.3 Å². The van der Waals surface area contributed by atoms with Gasteiger partial charge in [-0.15, -0.1) is 0 Å². The number of carbonyl (C=O) groups is 2. The van der Waals surface area contributed by atoms with Gasteiger partial charge in [-0.05, 0) is 54.8 Å². The molecule has 0 spiro atoms. The Morgan fingerprint density at radius 1 is 0.913 bits per heavy atom. The largest absolute Gasteiger partial charge is 0.348 e. The molecule has 2 aromatic rings. The molecule has 0 heterocycles. The van der Waals surface area contributed by atoms with Gasteiger partial charge in [-0.1, -0.05) is 18.2 Å². The van der Waals surface area contributed by atoms with Crippen LogP contribution in [0.1, 0.15) is 37.4 Å². The van der Waals surface area contributed by atoms with Crippen LogP contribution in [0.25, 0.3) is 0 Å². The Kier molecular flexibility index (Phi) is 5.16. The fourth-order valence-corrected chi connectivity index (χ4v) is 2.19. The van der Waals surface area contributed by atoms with E-state index in [1.54, 1.807) is 26.2 Å². The van der Waals surface area contributed by atoms with Crippen molar-refractivity contribution in [3.8, 4) is 0 Å². The Balaban J connectivity index is 1.99. The first-order chi connectivity index (χ1) is 10.9. The van der Waals surface area contributed by atoms with Gasteiger partial charge >= 0.3 is 0 Å². The van der Waals surface area contributed by atoms with Gasteiger partial charge in [0, 0.05) is 31.8 Å². The highest BCUT2D eigenvalue weighted by atomic mass is 16.2. The van der Waals surface area contributed by atoms with Crippen LogP contribution in [0.15, 0.2) is 42.5 Å². The lowest BCUT2D eigenvalue weighted by molar-refractivity contribution is 0.0827. The van der Waals surface area contributed by atoms with Crippen molar-refractivity contribution < 1.29 is 9.59 Å². The van der Waals surface area contributed by atoms with Crippen molar-refractivity contribution in [2.75, 3.05) is 14.1 Å². The summed E-state index contributed by atoms with van der Waals surface area (Å²) in [5.74, 6) is -0.128. The Labute approximate surface area is 137 Å². The number of hydrogen-bond donors (Lipinski definition) is 1. The molecule has 0 fully saturated rings. The Bertz CT molecular complexity index is 719. The summed E-state index contributed by atoms with van der Waals surface area (Å²) in [6.07, 6.45) is 0. The minimum absolute atomic E-state index is 0.0317. The standard InChI is InChI=1S/C19H22N2O2/c1-13-5-8-17(11-14(13)2)18(22)20-12-15-6-9-16(10-7-15)19(23)21(3)4/h5-11H,12H2,1-4H3,(H,20,22). The second-order valence-corrected chi connectivity index (χ2v) is 5.88. The minimum atomic E-state index is -0.0958. The molecular weight excluding hydrogens is 288 g/mol. The molecule has 0 unspecified atom stereocenters. The van der Waals surface area contributed by atoms with E-state index >= 15 is 0 Å². The number of amides is 2. The van der Waals surface area contributed by atoms with E-state index in [2.05, 4.69) is 5.32 Å². The van der Waals surface area contributed by atoms with Crippen LogP contribution in [-0.2, 0) is 6.54 Å². The number of benzene rings is 2. The highest BCUT2D eigenvalue weighted by molar-refractivity contribution is 5.95. The zero-order chi connectivity index (χ0) is 17.0. The minimum Gasteiger partial charge on any atom is -0.348 e. The lowest BCUT2D eigenvalue weighted by atomic mass is 10.1. The SMILES string of the molecule is Cc1ccc(C(=O)NCc2ccc(C(=O)N(C)C)cc2)cc1C. The fourth-order valence-electron chi connectivity index (χ4n) is 2.19. The van der Waals surface area contributed by atoms with E-state index in [9.17, 15) is 9.59 Å². The highest BCUT2D eigenvalue weighted by Crippen LogP contribution is 2.10. The van der Waals surface area contributed by atoms with Gasteiger partial charge in [-0.2, -0.15) is 0 Å². The Morgan fingerprint density at radius 3 is 2.09 bits per heavy atom. The van der Waals surface area contributed by atoms with E-state index in [1.165, 1.54) is 10.5 Å². The van der Waals surface area contributed by atoms with Crippen molar-refractivity contribution in [2.45, 2.75) is 20.4 Å². The molecule has 0 aliphatic heterocycles. The Morgan fingerprint density at radius 2 is 1.52 bits per heavy atom.